The first-order valence-electron chi connectivity index (χ1n) is 5.23. The van der Waals surface area contributed by atoms with Crippen molar-refractivity contribution >= 4 is 11.6 Å². The van der Waals surface area contributed by atoms with Gasteiger partial charge in [-0.1, -0.05) is 19.9 Å². The monoisotopic (exact) mass is 206 g/mol. The third-order valence-electron chi connectivity index (χ3n) is 2.16. The largest absolute Gasteiger partial charge is 0.399 e. The van der Waals surface area contributed by atoms with Gasteiger partial charge in [0.05, 0.1) is 0 Å². The zero-order valence-electron chi connectivity index (χ0n) is 9.29. The van der Waals surface area contributed by atoms with Gasteiger partial charge in [-0.15, -0.1) is 0 Å². The minimum absolute atomic E-state index is 0.0528. The van der Waals surface area contributed by atoms with Crippen LogP contribution in [-0.4, -0.2) is 12.5 Å². The van der Waals surface area contributed by atoms with Crippen LogP contribution in [0.1, 0.15) is 30.6 Å². The Hall–Kier alpha value is -1.51. The van der Waals surface area contributed by atoms with Crippen molar-refractivity contribution in [1.82, 2.24) is 5.32 Å². The summed E-state index contributed by atoms with van der Waals surface area (Å²) in [4.78, 5) is 11.6. The summed E-state index contributed by atoms with van der Waals surface area (Å²) in [5.41, 5.74) is 6.83. The third kappa shape index (κ3) is 4.02. The lowest BCUT2D eigenvalue weighted by Gasteiger charge is -2.07. The standard InChI is InChI=1S/C12H18N2O/c1-9(2)6-7-14-12(15)10-4-3-5-11(13)8-10/h3-5,8-9H,6-7,13H2,1-2H3,(H,14,15). The molecule has 1 aromatic rings. The summed E-state index contributed by atoms with van der Waals surface area (Å²) in [6, 6.07) is 7.00. The molecule has 1 aromatic carbocycles. The molecule has 0 saturated heterocycles. The SMILES string of the molecule is CC(C)CCNC(=O)c1cccc(N)c1. The fourth-order valence-electron chi connectivity index (χ4n) is 1.26. The Balaban J connectivity index is 2.47. The van der Waals surface area contributed by atoms with E-state index in [4.69, 9.17) is 5.73 Å². The number of benzene rings is 1. The summed E-state index contributed by atoms with van der Waals surface area (Å²) < 4.78 is 0. The third-order valence-corrected chi connectivity index (χ3v) is 2.16. The fraction of sp³-hybridized carbons (Fsp3) is 0.417. The van der Waals surface area contributed by atoms with E-state index in [1.54, 1.807) is 24.3 Å². The minimum atomic E-state index is -0.0528. The zero-order valence-corrected chi connectivity index (χ0v) is 9.29. The first-order chi connectivity index (χ1) is 7.09. The molecule has 3 nitrogen and oxygen atoms in total. The Morgan fingerprint density at radius 3 is 2.80 bits per heavy atom. The van der Waals surface area contributed by atoms with Gasteiger partial charge in [-0.05, 0) is 30.5 Å². The first-order valence-corrected chi connectivity index (χ1v) is 5.23. The van der Waals surface area contributed by atoms with E-state index >= 15 is 0 Å². The van der Waals surface area contributed by atoms with Gasteiger partial charge in [-0.25, -0.2) is 0 Å². The summed E-state index contributed by atoms with van der Waals surface area (Å²) in [5.74, 6) is 0.550. The minimum Gasteiger partial charge on any atom is -0.399 e. The topological polar surface area (TPSA) is 55.1 Å². The van der Waals surface area contributed by atoms with E-state index in [0.29, 0.717) is 23.7 Å². The Labute approximate surface area is 90.7 Å². The van der Waals surface area contributed by atoms with Crippen LogP contribution in [0.3, 0.4) is 0 Å². The Bertz CT molecular complexity index is 334. The molecule has 0 aliphatic carbocycles. The van der Waals surface area contributed by atoms with Crippen molar-refractivity contribution in [3.8, 4) is 0 Å². The molecule has 0 atom stereocenters. The van der Waals surface area contributed by atoms with Gasteiger partial charge in [0.15, 0.2) is 0 Å². The van der Waals surface area contributed by atoms with Crippen molar-refractivity contribution in [3.05, 3.63) is 29.8 Å². The predicted molar refractivity (Wildman–Crippen MR) is 62.6 cm³/mol. The molecule has 82 valence electrons. The molecule has 0 fully saturated rings. The van der Waals surface area contributed by atoms with E-state index < -0.39 is 0 Å². The van der Waals surface area contributed by atoms with Crippen LogP contribution in [0.2, 0.25) is 0 Å². The molecule has 0 unspecified atom stereocenters. The fourth-order valence-corrected chi connectivity index (χ4v) is 1.26. The Kier molecular flexibility index (Phi) is 4.16. The number of nitrogens with one attached hydrogen (secondary N) is 1. The molecule has 1 rings (SSSR count). The summed E-state index contributed by atoms with van der Waals surface area (Å²) in [6.45, 7) is 4.98. The van der Waals surface area contributed by atoms with E-state index in [2.05, 4.69) is 19.2 Å². The second-order valence-corrected chi connectivity index (χ2v) is 4.06. The number of amides is 1. The van der Waals surface area contributed by atoms with E-state index in [1.165, 1.54) is 0 Å². The number of rotatable bonds is 4. The van der Waals surface area contributed by atoms with Crippen molar-refractivity contribution in [2.45, 2.75) is 20.3 Å². The Morgan fingerprint density at radius 1 is 1.47 bits per heavy atom. The van der Waals surface area contributed by atoms with Crippen LogP contribution >= 0.6 is 0 Å². The Morgan fingerprint density at radius 2 is 2.20 bits per heavy atom. The molecule has 0 radical (unpaired) electrons. The molecule has 0 saturated carbocycles. The number of carbonyl (C=O) groups excluding carboxylic acids is 1. The molecule has 15 heavy (non-hydrogen) atoms. The number of anilines is 1. The van der Waals surface area contributed by atoms with Crippen LogP contribution in [-0.2, 0) is 0 Å². The van der Waals surface area contributed by atoms with Crippen molar-refractivity contribution in [1.29, 1.82) is 0 Å². The average molecular weight is 206 g/mol. The van der Waals surface area contributed by atoms with Gasteiger partial charge in [0.2, 0.25) is 0 Å². The molecule has 0 spiro atoms. The van der Waals surface area contributed by atoms with Gasteiger partial charge in [-0.2, -0.15) is 0 Å². The maximum absolute atomic E-state index is 11.6. The molecule has 3 N–H and O–H groups in total. The maximum Gasteiger partial charge on any atom is 0.251 e. The van der Waals surface area contributed by atoms with Crippen molar-refractivity contribution in [2.75, 3.05) is 12.3 Å². The number of nitrogens with two attached hydrogens (primary N) is 1. The highest BCUT2D eigenvalue weighted by Crippen LogP contribution is 2.06. The lowest BCUT2D eigenvalue weighted by Crippen LogP contribution is -2.25. The second-order valence-electron chi connectivity index (χ2n) is 4.06. The van der Waals surface area contributed by atoms with Crippen LogP contribution in [0, 0.1) is 5.92 Å². The van der Waals surface area contributed by atoms with E-state index in [0.717, 1.165) is 6.42 Å². The highest BCUT2D eigenvalue weighted by atomic mass is 16.1. The van der Waals surface area contributed by atoms with Gasteiger partial charge in [0.1, 0.15) is 0 Å². The number of hydrogen-bond donors (Lipinski definition) is 2. The van der Waals surface area contributed by atoms with E-state index in [9.17, 15) is 4.79 Å². The molecular weight excluding hydrogens is 188 g/mol. The van der Waals surface area contributed by atoms with Crippen LogP contribution in [0.25, 0.3) is 0 Å². The van der Waals surface area contributed by atoms with Gasteiger partial charge in [0.25, 0.3) is 5.91 Å². The second kappa shape index (κ2) is 5.39. The van der Waals surface area contributed by atoms with E-state index in [1.807, 2.05) is 0 Å². The van der Waals surface area contributed by atoms with Crippen molar-refractivity contribution < 1.29 is 4.79 Å². The zero-order chi connectivity index (χ0) is 11.3. The summed E-state index contributed by atoms with van der Waals surface area (Å²) in [7, 11) is 0. The molecule has 0 aliphatic heterocycles. The molecule has 3 heteroatoms. The summed E-state index contributed by atoms with van der Waals surface area (Å²) in [5, 5.41) is 2.86. The van der Waals surface area contributed by atoms with Gasteiger partial charge in [-0.3, -0.25) is 4.79 Å². The smallest absolute Gasteiger partial charge is 0.251 e. The van der Waals surface area contributed by atoms with Crippen LogP contribution in [0.15, 0.2) is 24.3 Å². The van der Waals surface area contributed by atoms with E-state index in [-0.39, 0.29) is 5.91 Å². The highest BCUT2D eigenvalue weighted by molar-refractivity contribution is 5.94. The average Bonchev–Trinajstić information content (AvgIpc) is 2.17. The molecule has 0 bridgehead atoms. The van der Waals surface area contributed by atoms with Crippen LogP contribution in [0.5, 0.6) is 0 Å². The normalized spacial score (nSPS) is 10.3. The van der Waals surface area contributed by atoms with Gasteiger partial charge in [0, 0.05) is 17.8 Å². The highest BCUT2D eigenvalue weighted by Gasteiger charge is 2.04. The van der Waals surface area contributed by atoms with Gasteiger partial charge >= 0.3 is 0 Å². The quantitative estimate of drug-likeness (QED) is 0.741. The molecule has 0 aromatic heterocycles. The van der Waals surface area contributed by atoms with Crippen LogP contribution < -0.4 is 11.1 Å². The first kappa shape index (κ1) is 11.6. The van der Waals surface area contributed by atoms with Gasteiger partial charge < -0.3 is 11.1 Å². The molecular formula is C12H18N2O. The van der Waals surface area contributed by atoms with Crippen molar-refractivity contribution in [2.24, 2.45) is 5.92 Å². The lowest BCUT2D eigenvalue weighted by atomic mass is 10.1. The molecule has 0 heterocycles. The summed E-state index contributed by atoms with van der Waals surface area (Å²) in [6.07, 6.45) is 0.994. The number of nitrogen functional groups attached to an aromatic ring is 1. The predicted octanol–water partition coefficient (Wildman–Crippen LogP) is 2.04. The summed E-state index contributed by atoms with van der Waals surface area (Å²) >= 11 is 0. The maximum atomic E-state index is 11.6. The van der Waals surface area contributed by atoms with Crippen molar-refractivity contribution in [3.63, 3.8) is 0 Å². The molecule has 1 amide bonds. The number of hydrogen-bond acceptors (Lipinski definition) is 2. The lowest BCUT2D eigenvalue weighted by molar-refractivity contribution is 0.0952. The molecule has 0 aliphatic rings. The number of carbonyl (C=O) groups is 1. The van der Waals surface area contributed by atoms with Crippen LogP contribution in [0.4, 0.5) is 5.69 Å².